The normalized spacial score (nSPS) is 9.85. The van der Waals surface area contributed by atoms with Crippen molar-refractivity contribution in [3.63, 3.8) is 0 Å². The first-order valence-electron chi connectivity index (χ1n) is 6.31. The fourth-order valence-electron chi connectivity index (χ4n) is 2.08. The Balaban J connectivity index is 2.28. The van der Waals surface area contributed by atoms with Gasteiger partial charge in [0.25, 0.3) is 0 Å². The molecule has 2 rings (SSSR count). The van der Waals surface area contributed by atoms with E-state index in [0.717, 1.165) is 16.8 Å². The third-order valence-corrected chi connectivity index (χ3v) is 3.00. The molecule has 2 amide bonds. The van der Waals surface area contributed by atoms with Crippen LogP contribution >= 0.6 is 0 Å². The van der Waals surface area contributed by atoms with Gasteiger partial charge in [0.1, 0.15) is 0 Å². The van der Waals surface area contributed by atoms with Gasteiger partial charge in [-0.25, -0.2) is 0 Å². The Bertz CT molecular complexity index is 596. The number of rotatable bonds is 5. The maximum atomic E-state index is 11.5. The van der Waals surface area contributed by atoms with Crippen molar-refractivity contribution in [2.24, 2.45) is 0 Å². The molecule has 0 unspecified atom stereocenters. The van der Waals surface area contributed by atoms with Crippen LogP contribution in [0.5, 0.6) is 0 Å². The monoisotopic (exact) mass is 268 g/mol. The standard InChI is InChI=1S/C16H16N2O2/c1-18(11-16(20)17-12-19)15-10-6-5-9-14(15)13-7-3-2-4-8-13/h2-10,12H,11H2,1H3,(H,17,19,20). The van der Waals surface area contributed by atoms with E-state index in [1.165, 1.54) is 0 Å². The number of hydrogen-bond donors (Lipinski definition) is 1. The van der Waals surface area contributed by atoms with Gasteiger partial charge >= 0.3 is 0 Å². The molecule has 0 fully saturated rings. The summed E-state index contributed by atoms with van der Waals surface area (Å²) in [5, 5.41) is 2.14. The van der Waals surface area contributed by atoms with Crippen LogP contribution in [0.15, 0.2) is 54.6 Å². The predicted octanol–water partition coefficient (Wildman–Crippen LogP) is 2.06. The van der Waals surface area contributed by atoms with E-state index in [4.69, 9.17) is 0 Å². The molecule has 2 aromatic rings. The molecule has 2 aromatic carbocycles. The summed E-state index contributed by atoms with van der Waals surface area (Å²) < 4.78 is 0. The van der Waals surface area contributed by atoms with Crippen molar-refractivity contribution in [3.05, 3.63) is 54.6 Å². The molecule has 4 heteroatoms. The van der Waals surface area contributed by atoms with Crippen molar-refractivity contribution in [1.82, 2.24) is 5.32 Å². The SMILES string of the molecule is CN(CC(=O)NC=O)c1ccccc1-c1ccccc1. The summed E-state index contributed by atoms with van der Waals surface area (Å²) in [6.45, 7) is 0.128. The second kappa shape index (κ2) is 6.52. The van der Waals surface area contributed by atoms with Crippen molar-refractivity contribution in [1.29, 1.82) is 0 Å². The summed E-state index contributed by atoms with van der Waals surface area (Å²) in [5.74, 6) is -0.328. The lowest BCUT2D eigenvalue weighted by molar-refractivity contribution is -0.124. The first kappa shape index (κ1) is 13.8. The van der Waals surface area contributed by atoms with Gasteiger partial charge in [0.2, 0.25) is 12.3 Å². The van der Waals surface area contributed by atoms with Crippen molar-refractivity contribution in [3.8, 4) is 11.1 Å². The molecule has 0 aromatic heterocycles. The Hall–Kier alpha value is -2.62. The lowest BCUT2D eigenvalue weighted by Gasteiger charge is -2.21. The van der Waals surface area contributed by atoms with Gasteiger partial charge in [0, 0.05) is 18.3 Å². The number of anilines is 1. The van der Waals surface area contributed by atoms with Gasteiger partial charge in [0.05, 0.1) is 6.54 Å². The summed E-state index contributed by atoms with van der Waals surface area (Å²) in [4.78, 5) is 23.6. The quantitative estimate of drug-likeness (QED) is 0.844. The average molecular weight is 268 g/mol. The Morgan fingerprint density at radius 2 is 1.75 bits per heavy atom. The largest absolute Gasteiger partial charge is 0.365 e. The molecule has 20 heavy (non-hydrogen) atoms. The molecule has 0 spiro atoms. The molecule has 4 nitrogen and oxygen atoms in total. The zero-order valence-electron chi connectivity index (χ0n) is 11.2. The van der Waals surface area contributed by atoms with Crippen LogP contribution < -0.4 is 10.2 Å². The molecule has 0 bridgehead atoms. The Labute approximate surface area is 118 Å². The van der Waals surface area contributed by atoms with Gasteiger partial charge in [-0.15, -0.1) is 0 Å². The molecular formula is C16H16N2O2. The van der Waals surface area contributed by atoms with Gasteiger partial charge in [-0.05, 0) is 11.6 Å². The maximum absolute atomic E-state index is 11.5. The van der Waals surface area contributed by atoms with Gasteiger partial charge in [-0.3, -0.25) is 14.9 Å². The highest BCUT2D eigenvalue weighted by molar-refractivity contribution is 5.90. The zero-order valence-corrected chi connectivity index (χ0v) is 11.2. The summed E-state index contributed by atoms with van der Waals surface area (Å²) in [7, 11) is 1.83. The van der Waals surface area contributed by atoms with Gasteiger partial charge in [0.15, 0.2) is 0 Å². The number of nitrogens with one attached hydrogen (secondary N) is 1. The van der Waals surface area contributed by atoms with Crippen LogP contribution in [0.2, 0.25) is 0 Å². The lowest BCUT2D eigenvalue weighted by Crippen LogP contribution is -2.34. The minimum Gasteiger partial charge on any atom is -0.365 e. The Morgan fingerprint density at radius 3 is 2.45 bits per heavy atom. The van der Waals surface area contributed by atoms with E-state index in [1.807, 2.05) is 66.5 Å². The maximum Gasteiger partial charge on any atom is 0.245 e. The van der Waals surface area contributed by atoms with Crippen molar-refractivity contribution < 1.29 is 9.59 Å². The third-order valence-electron chi connectivity index (χ3n) is 3.00. The lowest BCUT2D eigenvalue weighted by atomic mass is 10.0. The Morgan fingerprint density at radius 1 is 1.10 bits per heavy atom. The van der Waals surface area contributed by atoms with E-state index >= 15 is 0 Å². The molecular weight excluding hydrogens is 252 g/mol. The van der Waals surface area contributed by atoms with Crippen molar-refractivity contribution >= 4 is 18.0 Å². The average Bonchev–Trinajstić information content (AvgIpc) is 2.48. The van der Waals surface area contributed by atoms with Crippen LogP contribution in [-0.4, -0.2) is 25.9 Å². The summed E-state index contributed by atoms with van der Waals surface area (Å²) >= 11 is 0. The van der Waals surface area contributed by atoms with E-state index in [9.17, 15) is 9.59 Å². The number of carbonyl (C=O) groups excluding carboxylic acids is 2. The topological polar surface area (TPSA) is 49.4 Å². The molecule has 0 aliphatic carbocycles. The molecule has 102 valence electrons. The van der Waals surface area contributed by atoms with Crippen LogP contribution in [0.3, 0.4) is 0 Å². The third kappa shape index (κ3) is 3.23. The fraction of sp³-hybridized carbons (Fsp3) is 0.125. The molecule has 0 aliphatic rings. The summed E-state index contributed by atoms with van der Waals surface area (Å²) in [6.07, 6.45) is 0.402. The second-order valence-electron chi connectivity index (χ2n) is 4.42. The number of carbonyl (C=O) groups is 2. The van der Waals surface area contributed by atoms with Crippen molar-refractivity contribution in [2.45, 2.75) is 0 Å². The van der Waals surface area contributed by atoms with Gasteiger partial charge in [-0.2, -0.15) is 0 Å². The van der Waals surface area contributed by atoms with Crippen LogP contribution in [0, 0.1) is 0 Å². The molecule has 0 saturated heterocycles. The van der Waals surface area contributed by atoms with Crippen molar-refractivity contribution in [2.75, 3.05) is 18.5 Å². The molecule has 0 aliphatic heterocycles. The fourth-order valence-corrected chi connectivity index (χ4v) is 2.08. The number of benzene rings is 2. The zero-order chi connectivity index (χ0) is 14.4. The van der Waals surface area contributed by atoms with Crippen LogP contribution in [-0.2, 0) is 9.59 Å². The predicted molar refractivity (Wildman–Crippen MR) is 79.4 cm³/mol. The number of amides is 2. The number of hydrogen-bond acceptors (Lipinski definition) is 3. The van der Waals surface area contributed by atoms with Gasteiger partial charge in [-0.1, -0.05) is 48.5 Å². The molecule has 1 N–H and O–H groups in total. The van der Waals surface area contributed by atoms with E-state index in [-0.39, 0.29) is 12.5 Å². The number of likely N-dealkylation sites (N-methyl/N-ethyl adjacent to an activating group) is 1. The van der Waals surface area contributed by atoms with Crippen LogP contribution in [0.1, 0.15) is 0 Å². The smallest absolute Gasteiger partial charge is 0.245 e. The molecule has 0 atom stereocenters. The Kier molecular flexibility index (Phi) is 4.50. The highest BCUT2D eigenvalue weighted by Crippen LogP contribution is 2.29. The van der Waals surface area contributed by atoms with E-state index in [1.54, 1.807) is 0 Å². The number of para-hydroxylation sites is 1. The van der Waals surface area contributed by atoms with Crippen LogP contribution in [0.25, 0.3) is 11.1 Å². The molecule has 0 saturated carbocycles. The highest BCUT2D eigenvalue weighted by atomic mass is 16.2. The summed E-state index contributed by atoms with van der Waals surface area (Å²) in [5.41, 5.74) is 3.08. The highest BCUT2D eigenvalue weighted by Gasteiger charge is 2.11. The summed E-state index contributed by atoms with van der Waals surface area (Å²) in [6, 6.07) is 17.8. The first-order chi connectivity index (χ1) is 9.72. The number of nitrogens with zero attached hydrogens (tertiary/aromatic N) is 1. The first-order valence-corrected chi connectivity index (χ1v) is 6.31. The van der Waals surface area contributed by atoms with E-state index in [0.29, 0.717) is 6.41 Å². The second-order valence-corrected chi connectivity index (χ2v) is 4.42. The van der Waals surface area contributed by atoms with Crippen LogP contribution in [0.4, 0.5) is 5.69 Å². The van der Waals surface area contributed by atoms with Gasteiger partial charge < -0.3 is 4.90 Å². The van der Waals surface area contributed by atoms with E-state index < -0.39 is 0 Å². The molecule has 0 radical (unpaired) electrons. The minimum atomic E-state index is -0.328. The minimum absolute atomic E-state index is 0.128. The van der Waals surface area contributed by atoms with E-state index in [2.05, 4.69) is 5.32 Å². The molecule has 0 heterocycles. The number of imide groups is 1.